The van der Waals surface area contributed by atoms with E-state index in [2.05, 4.69) is 29.8 Å². The van der Waals surface area contributed by atoms with Gasteiger partial charge in [0.2, 0.25) is 0 Å². The summed E-state index contributed by atoms with van der Waals surface area (Å²) in [7, 11) is 0. The van der Waals surface area contributed by atoms with Crippen LogP contribution in [0, 0.1) is 0 Å². The second-order valence-electron chi connectivity index (χ2n) is 3.48. The van der Waals surface area contributed by atoms with Gasteiger partial charge >= 0.3 is 0 Å². The van der Waals surface area contributed by atoms with Gasteiger partial charge in [-0.1, -0.05) is 25.8 Å². The molecule has 1 aromatic rings. The fraction of sp³-hybridized carbons (Fsp3) is 0.636. The molecular formula is C11H19NOS. The van der Waals surface area contributed by atoms with Crippen molar-refractivity contribution in [3.8, 4) is 0 Å². The van der Waals surface area contributed by atoms with E-state index in [9.17, 15) is 0 Å². The molecule has 0 spiro atoms. The number of rotatable bonds is 7. The molecule has 0 aliphatic rings. The van der Waals surface area contributed by atoms with Crippen LogP contribution in [0.4, 0.5) is 0 Å². The summed E-state index contributed by atoms with van der Waals surface area (Å²) >= 11 is 1.76. The van der Waals surface area contributed by atoms with E-state index in [0.717, 1.165) is 13.0 Å². The Bertz CT molecular complexity index is 223. The van der Waals surface area contributed by atoms with E-state index in [0.29, 0.717) is 0 Å². The van der Waals surface area contributed by atoms with Crippen LogP contribution in [0.2, 0.25) is 0 Å². The molecule has 1 unspecified atom stereocenters. The van der Waals surface area contributed by atoms with Crippen LogP contribution in [0.25, 0.3) is 0 Å². The van der Waals surface area contributed by atoms with Gasteiger partial charge in [-0.2, -0.15) is 0 Å². The third kappa shape index (κ3) is 4.22. The van der Waals surface area contributed by atoms with Crippen molar-refractivity contribution in [2.75, 3.05) is 6.61 Å². The van der Waals surface area contributed by atoms with E-state index in [1.165, 1.54) is 17.7 Å². The van der Waals surface area contributed by atoms with Gasteiger partial charge in [-0.3, -0.25) is 0 Å². The second-order valence-corrected chi connectivity index (χ2v) is 4.51. The monoisotopic (exact) mass is 213 g/mol. The summed E-state index contributed by atoms with van der Waals surface area (Å²) in [4.78, 5) is 1.33. The van der Waals surface area contributed by atoms with Crippen molar-refractivity contribution in [2.24, 2.45) is 0 Å². The number of unbranched alkanes of at least 4 members (excludes halogenated alkanes) is 1. The van der Waals surface area contributed by atoms with Gasteiger partial charge in [-0.15, -0.1) is 11.3 Å². The van der Waals surface area contributed by atoms with Gasteiger partial charge in [0.1, 0.15) is 0 Å². The van der Waals surface area contributed by atoms with Crippen LogP contribution in [-0.4, -0.2) is 17.8 Å². The van der Waals surface area contributed by atoms with Crippen LogP contribution in [0.15, 0.2) is 17.5 Å². The second kappa shape index (κ2) is 6.98. The van der Waals surface area contributed by atoms with Crippen LogP contribution in [-0.2, 0) is 6.54 Å². The molecule has 0 aliphatic carbocycles. The van der Waals surface area contributed by atoms with Gasteiger partial charge < -0.3 is 10.4 Å². The number of aliphatic hydroxyl groups excluding tert-OH is 1. The van der Waals surface area contributed by atoms with E-state index in [1.807, 2.05) is 0 Å². The summed E-state index contributed by atoms with van der Waals surface area (Å²) in [5.74, 6) is 0. The third-order valence-corrected chi connectivity index (χ3v) is 3.15. The molecule has 0 radical (unpaired) electrons. The maximum Gasteiger partial charge on any atom is 0.0584 e. The van der Waals surface area contributed by atoms with E-state index < -0.39 is 0 Å². The fourth-order valence-electron chi connectivity index (χ4n) is 1.37. The molecule has 0 aromatic carbocycles. The molecule has 1 rings (SSSR count). The largest absolute Gasteiger partial charge is 0.395 e. The predicted octanol–water partition coefficient (Wildman–Crippen LogP) is 2.39. The fourth-order valence-corrected chi connectivity index (χ4v) is 2.02. The molecule has 0 saturated carbocycles. The molecule has 2 N–H and O–H groups in total. The molecule has 1 aromatic heterocycles. The average Bonchev–Trinajstić information content (AvgIpc) is 2.71. The highest BCUT2D eigenvalue weighted by atomic mass is 32.1. The summed E-state index contributed by atoms with van der Waals surface area (Å²) in [5.41, 5.74) is 0. The van der Waals surface area contributed by atoms with Crippen LogP contribution in [0.1, 0.15) is 31.1 Å². The van der Waals surface area contributed by atoms with Gasteiger partial charge in [-0.25, -0.2) is 0 Å². The molecule has 0 bridgehead atoms. The molecule has 0 fully saturated rings. The first kappa shape index (κ1) is 11.7. The summed E-state index contributed by atoms with van der Waals surface area (Å²) in [6.07, 6.45) is 3.44. The first-order valence-corrected chi connectivity index (χ1v) is 6.11. The molecule has 1 atom stereocenters. The van der Waals surface area contributed by atoms with Crippen LogP contribution < -0.4 is 5.32 Å². The highest BCUT2D eigenvalue weighted by Gasteiger charge is 2.05. The van der Waals surface area contributed by atoms with Crippen molar-refractivity contribution in [3.05, 3.63) is 22.4 Å². The molecule has 80 valence electrons. The van der Waals surface area contributed by atoms with Gasteiger partial charge in [-0.05, 0) is 17.9 Å². The number of aliphatic hydroxyl groups is 1. The minimum Gasteiger partial charge on any atom is -0.395 e. The lowest BCUT2D eigenvalue weighted by Crippen LogP contribution is -2.31. The lowest BCUT2D eigenvalue weighted by Gasteiger charge is -2.14. The third-order valence-electron chi connectivity index (χ3n) is 2.27. The Morgan fingerprint density at radius 3 is 3.00 bits per heavy atom. The van der Waals surface area contributed by atoms with Gasteiger partial charge in [0.25, 0.3) is 0 Å². The zero-order valence-electron chi connectivity index (χ0n) is 8.70. The molecular weight excluding hydrogens is 194 g/mol. The maximum absolute atomic E-state index is 9.12. The molecule has 1 heterocycles. The Morgan fingerprint density at radius 1 is 1.57 bits per heavy atom. The number of nitrogens with one attached hydrogen (secondary N) is 1. The minimum absolute atomic E-state index is 0.241. The smallest absolute Gasteiger partial charge is 0.0584 e. The quantitative estimate of drug-likeness (QED) is 0.729. The molecule has 0 aliphatic heterocycles. The van der Waals surface area contributed by atoms with Crippen molar-refractivity contribution in [1.29, 1.82) is 0 Å². The Kier molecular flexibility index (Phi) is 5.83. The Morgan fingerprint density at radius 2 is 2.43 bits per heavy atom. The minimum atomic E-state index is 0.241. The standard InChI is InChI=1S/C11H19NOS/c1-2-3-5-10(9-13)12-8-11-6-4-7-14-11/h4,6-7,10,12-13H,2-3,5,8-9H2,1H3. The van der Waals surface area contributed by atoms with Crippen molar-refractivity contribution >= 4 is 11.3 Å². The van der Waals surface area contributed by atoms with Crippen molar-refractivity contribution in [2.45, 2.75) is 38.8 Å². The zero-order valence-corrected chi connectivity index (χ0v) is 9.52. The van der Waals surface area contributed by atoms with E-state index in [1.54, 1.807) is 11.3 Å². The molecule has 14 heavy (non-hydrogen) atoms. The number of thiophene rings is 1. The topological polar surface area (TPSA) is 32.3 Å². The SMILES string of the molecule is CCCCC(CO)NCc1cccs1. The maximum atomic E-state index is 9.12. The van der Waals surface area contributed by atoms with Crippen molar-refractivity contribution in [3.63, 3.8) is 0 Å². The van der Waals surface area contributed by atoms with Gasteiger partial charge in [0, 0.05) is 17.5 Å². The first-order chi connectivity index (χ1) is 6.86. The zero-order chi connectivity index (χ0) is 10.2. The normalized spacial score (nSPS) is 13.0. The van der Waals surface area contributed by atoms with E-state index in [-0.39, 0.29) is 12.6 Å². The summed E-state index contributed by atoms with van der Waals surface area (Å²) in [6, 6.07) is 4.44. The lowest BCUT2D eigenvalue weighted by molar-refractivity contribution is 0.233. The molecule has 3 heteroatoms. The molecule has 2 nitrogen and oxygen atoms in total. The number of hydrogen-bond acceptors (Lipinski definition) is 3. The summed E-state index contributed by atoms with van der Waals surface area (Å²) in [6.45, 7) is 3.30. The van der Waals surface area contributed by atoms with Crippen molar-refractivity contribution < 1.29 is 5.11 Å². The summed E-state index contributed by atoms with van der Waals surface area (Å²) < 4.78 is 0. The van der Waals surface area contributed by atoms with E-state index in [4.69, 9.17) is 5.11 Å². The Labute approximate surface area is 90.0 Å². The van der Waals surface area contributed by atoms with E-state index >= 15 is 0 Å². The van der Waals surface area contributed by atoms with Gasteiger partial charge in [0.05, 0.1) is 6.61 Å². The van der Waals surface area contributed by atoms with Crippen molar-refractivity contribution in [1.82, 2.24) is 5.32 Å². The lowest BCUT2D eigenvalue weighted by atomic mass is 10.1. The van der Waals surface area contributed by atoms with Crippen LogP contribution in [0.3, 0.4) is 0 Å². The summed E-state index contributed by atoms with van der Waals surface area (Å²) in [5, 5.41) is 14.6. The highest BCUT2D eigenvalue weighted by molar-refractivity contribution is 7.09. The van der Waals surface area contributed by atoms with Crippen LogP contribution in [0.5, 0.6) is 0 Å². The average molecular weight is 213 g/mol. The predicted molar refractivity (Wildman–Crippen MR) is 61.6 cm³/mol. The van der Waals surface area contributed by atoms with Gasteiger partial charge in [0.15, 0.2) is 0 Å². The first-order valence-electron chi connectivity index (χ1n) is 5.23. The van der Waals surface area contributed by atoms with Crippen LogP contribution >= 0.6 is 11.3 Å². The molecule has 0 saturated heterocycles. The Balaban J connectivity index is 2.20. The molecule has 0 amide bonds. The Hall–Kier alpha value is -0.380. The number of hydrogen-bond donors (Lipinski definition) is 2. The highest BCUT2D eigenvalue weighted by Crippen LogP contribution is 2.08.